The summed E-state index contributed by atoms with van der Waals surface area (Å²) in [7, 11) is 0. The average molecular weight is 369 g/mol. The molecule has 142 valence electrons. The SMILES string of the molecule is NC(=O)CNc1ncc(C(N)=O)c(Nc2ccc(N3CCCCC3)cc2)n1. The van der Waals surface area contributed by atoms with Crippen molar-refractivity contribution < 1.29 is 9.59 Å². The molecule has 3 rings (SSSR count). The molecule has 0 unspecified atom stereocenters. The molecule has 1 fully saturated rings. The van der Waals surface area contributed by atoms with E-state index in [9.17, 15) is 9.59 Å². The lowest BCUT2D eigenvalue weighted by Gasteiger charge is -2.28. The number of hydrogen-bond acceptors (Lipinski definition) is 7. The van der Waals surface area contributed by atoms with Crippen LogP contribution in [0.25, 0.3) is 0 Å². The van der Waals surface area contributed by atoms with Gasteiger partial charge in [-0.25, -0.2) is 4.98 Å². The van der Waals surface area contributed by atoms with Crippen molar-refractivity contribution >= 4 is 35.0 Å². The van der Waals surface area contributed by atoms with Crippen molar-refractivity contribution in [3.05, 3.63) is 36.0 Å². The smallest absolute Gasteiger partial charge is 0.254 e. The van der Waals surface area contributed by atoms with E-state index in [4.69, 9.17) is 11.5 Å². The maximum Gasteiger partial charge on any atom is 0.254 e. The number of hydrogen-bond donors (Lipinski definition) is 4. The van der Waals surface area contributed by atoms with Crippen LogP contribution in [0.5, 0.6) is 0 Å². The second-order valence-electron chi connectivity index (χ2n) is 6.36. The third kappa shape index (κ3) is 4.84. The first-order chi connectivity index (χ1) is 13.0. The fourth-order valence-corrected chi connectivity index (χ4v) is 2.95. The summed E-state index contributed by atoms with van der Waals surface area (Å²) in [6, 6.07) is 7.91. The number of carbonyl (C=O) groups excluding carboxylic acids is 2. The van der Waals surface area contributed by atoms with E-state index in [1.165, 1.54) is 31.1 Å². The van der Waals surface area contributed by atoms with Crippen LogP contribution in [0.15, 0.2) is 30.5 Å². The molecule has 0 bridgehead atoms. The summed E-state index contributed by atoms with van der Waals surface area (Å²) in [6.07, 6.45) is 5.02. The van der Waals surface area contributed by atoms with Crippen molar-refractivity contribution in [2.75, 3.05) is 35.2 Å². The summed E-state index contributed by atoms with van der Waals surface area (Å²) in [5, 5.41) is 5.78. The van der Waals surface area contributed by atoms with Crippen molar-refractivity contribution in [2.45, 2.75) is 19.3 Å². The molecule has 9 nitrogen and oxygen atoms in total. The number of anilines is 4. The lowest BCUT2D eigenvalue weighted by atomic mass is 10.1. The zero-order valence-corrected chi connectivity index (χ0v) is 14.9. The number of nitrogens with zero attached hydrogens (tertiary/aromatic N) is 3. The first-order valence-electron chi connectivity index (χ1n) is 8.84. The molecule has 2 heterocycles. The van der Waals surface area contributed by atoms with Crippen LogP contribution in [0.3, 0.4) is 0 Å². The van der Waals surface area contributed by atoms with Crippen molar-refractivity contribution in [3.8, 4) is 0 Å². The van der Waals surface area contributed by atoms with Gasteiger partial charge in [-0.1, -0.05) is 0 Å². The summed E-state index contributed by atoms with van der Waals surface area (Å²) < 4.78 is 0. The predicted octanol–water partition coefficient (Wildman–Crippen LogP) is 1.21. The molecule has 2 aromatic rings. The molecule has 6 N–H and O–H groups in total. The second kappa shape index (κ2) is 8.35. The van der Waals surface area contributed by atoms with E-state index in [1.807, 2.05) is 24.3 Å². The number of nitrogens with one attached hydrogen (secondary N) is 2. The van der Waals surface area contributed by atoms with Gasteiger partial charge in [-0.2, -0.15) is 4.98 Å². The lowest BCUT2D eigenvalue weighted by molar-refractivity contribution is -0.116. The van der Waals surface area contributed by atoms with Crippen LogP contribution in [0, 0.1) is 0 Å². The minimum Gasteiger partial charge on any atom is -0.372 e. The summed E-state index contributed by atoms with van der Waals surface area (Å²) in [6.45, 7) is 2.03. The van der Waals surface area contributed by atoms with Gasteiger partial charge in [0, 0.05) is 30.7 Å². The van der Waals surface area contributed by atoms with E-state index in [-0.39, 0.29) is 23.9 Å². The molecule has 0 saturated carbocycles. The van der Waals surface area contributed by atoms with Crippen LogP contribution < -0.4 is 27.0 Å². The Morgan fingerprint density at radius 2 is 1.78 bits per heavy atom. The summed E-state index contributed by atoms with van der Waals surface area (Å²) in [5.41, 5.74) is 12.6. The molecule has 1 saturated heterocycles. The Bertz CT molecular complexity index is 817. The van der Waals surface area contributed by atoms with Gasteiger partial charge < -0.3 is 27.0 Å². The highest BCUT2D eigenvalue weighted by atomic mass is 16.1. The number of amides is 2. The van der Waals surface area contributed by atoms with Crippen LogP contribution >= 0.6 is 0 Å². The predicted molar refractivity (Wildman–Crippen MR) is 104 cm³/mol. The number of benzene rings is 1. The lowest BCUT2D eigenvalue weighted by Crippen LogP contribution is -2.29. The van der Waals surface area contributed by atoms with Crippen molar-refractivity contribution in [1.29, 1.82) is 0 Å². The molecule has 1 aromatic heterocycles. The number of carbonyl (C=O) groups is 2. The van der Waals surface area contributed by atoms with E-state index in [0.717, 1.165) is 18.8 Å². The molecule has 0 spiro atoms. The van der Waals surface area contributed by atoms with Gasteiger partial charge in [0.05, 0.1) is 6.54 Å². The molecule has 1 aliphatic rings. The first-order valence-corrected chi connectivity index (χ1v) is 8.84. The number of rotatable bonds is 7. The molecular weight excluding hydrogens is 346 g/mol. The normalized spacial score (nSPS) is 13.9. The Labute approximate surface area is 157 Å². The first kappa shape index (κ1) is 18.4. The number of primary amides is 2. The van der Waals surface area contributed by atoms with Crippen LogP contribution in [0.4, 0.5) is 23.1 Å². The standard InChI is InChI=1S/C18H23N7O2/c19-15(26)11-22-18-21-10-14(16(20)27)17(24-18)23-12-4-6-13(7-5-12)25-8-2-1-3-9-25/h4-7,10H,1-3,8-9,11H2,(H2,19,26)(H2,20,27)(H2,21,22,23,24). The van der Waals surface area contributed by atoms with Crippen LogP contribution in [-0.4, -0.2) is 41.4 Å². The molecule has 1 aromatic carbocycles. The highest BCUT2D eigenvalue weighted by molar-refractivity contribution is 5.98. The highest BCUT2D eigenvalue weighted by Gasteiger charge is 2.14. The molecule has 2 amide bonds. The van der Waals surface area contributed by atoms with Crippen LogP contribution in [-0.2, 0) is 4.79 Å². The van der Waals surface area contributed by atoms with Gasteiger partial charge in [-0.3, -0.25) is 9.59 Å². The largest absolute Gasteiger partial charge is 0.372 e. The van der Waals surface area contributed by atoms with Gasteiger partial charge >= 0.3 is 0 Å². The Morgan fingerprint density at radius 1 is 1.07 bits per heavy atom. The maximum atomic E-state index is 11.7. The van der Waals surface area contributed by atoms with Crippen molar-refractivity contribution in [3.63, 3.8) is 0 Å². The van der Waals surface area contributed by atoms with E-state index >= 15 is 0 Å². The van der Waals surface area contributed by atoms with E-state index in [1.54, 1.807) is 0 Å². The highest BCUT2D eigenvalue weighted by Crippen LogP contribution is 2.24. The fourth-order valence-electron chi connectivity index (χ4n) is 2.95. The molecule has 0 atom stereocenters. The third-order valence-electron chi connectivity index (χ3n) is 4.33. The van der Waals surface area contributed by atoms with Crippen molar-refractivity contribution in [1.82, 2.24) is 9.97 Å². The Kier molecular flexibility index (Phi) is 5.70. The minimum atomic E-state index is -0.649. The summed E-state index contributed by atoms with van der Waals surface area (Å²) >= 11 is 0. The second-order valence-corrected chi connectivity index (χ2v) is 6.36. The summed E-state index contributed by atoms with van der Waals surface area (Å²) in [4.78, 5) is 33.1. The molecule has 0 aliphatic carbocycles. The van der Waals surface area contributed by atoms with E-state index < -0.39 is 11.8 Å². The monoisotopic (exact) mass is 369 g/mol. The Balaban J connectivity index is 1.77. The Morgan fingerprint density at radius 3 is 2.41 bits per heavy atom. The average Bonchev–Trinajstić information content (AvgIpc) is 2.67. The fraction of sp³-hybridized carbons (Fsp3) is 0.333. The number of aromatic nitrogens is 2. The van der Waals surface area contributed by atoms with Gasteiger partial charge in [0.1, 0.15) is 11.4 Å². The van der Waals surface area contributed by atoms with Gasteiger partial charge in [0.2, 0.25) is 11.9 Å². The van der Waals surface area contributed by atoms with Crippen LogP contribution in [0.2, 0.25) is 0 Å². The molecule has 0 radical (unpaired) electrons. The zero-order chi connectivity index (χ0) is 19.2. The minimum absolute atomic E-state index is 0.111. The number of nitrogens with two attached hydrogens (primary N) is 2. The quantitative estimate of drug-likeness (QED) is 0.575. The maximum absolute atomic E-state index is 11.7. The van der Waals surface area contributed by atoms with Gasteiger partial charge in [-0.15, -0.1) is 0 Å². The van der Waals surface area contributed by atoms with Crippen LogP contribution in [0.1, 0.15) is 29.6 Å². The third-order valence-corrected chi connectivity index (χ3v) is 4.33. The van der Waals surface area contributed by atoms with E-state index in [0.29, 0.717) is 0 Å². The molecular formula is C18H23N7O2. The Hall–Kier alpha value is -3.36. The molecule has 9 heteroatoms. The van der Waals surface area contributed by atoms with Gasteiger partial charge in [0.25, 0.3) is 5.91 Å². The molecule has 27 heavy (non-hydrogen) atoms. The zero-order valence-electron chi connectivity index (χ0n) is 14.9. The topological polar surface area (TPSA) is 139 Å². The van der Waals surface area contributed by atoms with Gasteiger partial charge in [0.15, 0.2) is 0 Å². The van der Waals surface area contributed by atoms with Gasteiger partial charge in [-0.05, 0) is 43.5 Å². The molecule has 1 aliphatic heterocycles. The number of piperidine rings is 1. The summed E-state index contributed by atoms with van der Waals surface area (Å²) in [5.74, 6) is -0.759. The van der Waals surface area contributed by atoms with E-state index in [2.05, 4.69) is 25.5 Å². The van der Waals surface area contributed by atoms with Crippen molar-refractivity contribution in [2.24, 2.45) is 11.5 Å².